The van der Waals surface area contributed by atoms with Gasteiger partial charge in [0.1, 0.15) is 0 Å². The molecular weight excluding hydrogens is 420 g/mol. The van der Waals surface area contributed by atoms with Crippen LogP contribution in [0.15, 0.2) is 69.0 Å². The lowest BCUT2D eigenvalue weighted by molar-refractivity contribution is 0.0991. The van der Waals surface area contributed by atoms with Crippen LogP contribution in [-0.2, 0) is 9.84 Å². The minimum Gasteiger partial charge on any atom is -0.439 e. The third-order valence-corrected chi connectivity index (χ3v) is 6.78. The van der Waals surface area contributed by atoms with E-state index >= 15 is 0 Å². The quantitative estimate of drug-likeness (QED) is 0.493. The normalized spacial score (nSPS) is 11.6. The summed E-state index contributed by atoms with van der Waals surface area (Å²) in [6.07, 6.45) is 0. The van der Waals surface area contributed by atoms with Gasteiger partial charge in [-0.25, -0.2) is 13.4 Å². The van der Waals surface area contributed by atoms with Crippen LogP contribution in [-0.4, -0.2) is 19.3 Å². The first kappa shape index (κ1) is 18.7. The van der Waals surface area contributed by atoms with Gasteiger partial charge in [0.2, 0.25) is 14.9 Å². The van der Waals surface area contributed by atoms with Gasteiger partial charge in [-0.05, 0) is 49.4 Å². The Hall–Kier alpha value is -2.68. The van der Waals surface area contributed by atoms with E-state index in [1.165, 1.54) is 35.6 Å². The maximum absolute atomic E-state index is 12.6. The monoisotopic (exact) mass is 432 g/mol. The van der Waals surface area contributed by atoms with Crippen LogP contribution in [0.3, 0.4) is 0 Å². The van der Waals surface area contributed by atoms with E-state index < -0.39 is 15.7 Å². The first-order chi connectivity index (χ1) is 13.3. The van der Waals surface area contributed by atoms with Crippen molar-refractivity contribution in [3.05, 3.63) is 70.9 Å². The standard InChI is InChI=1S/C19H13ClN2O4S2/c1-11-2-5-13(6-3-11)28(24,25)17-9-8-15(26-17)18(23)22-19-21-14-7-4-12(20)10-16(14)27-19/h2-10H,1H3,(H,21,22,23). The van der Waals surface area contributed by atoms with Gasteiger partial charge in [-0.2, -0.15) is 0 Å². The van der Waals surface area contributed by atoms with Crippen LogP contribution < -0.4 is 5.32 Å². The number of sulfone groups is 1. The summed E-state index contributed by atoms with van der Waals surface area (Å²) in [5.74, 6) is -0.710. The van der Waals surface area contributed by atoms with Crippen molar-refractivity contribution in [2.24, 2.45) is 0 Å². The minimum absolute atomic E-state index is 0.0995. The predicted octanol–water partition coefficient (Wildman–Crippen LogP) is 4.94. The first-order valence-corrected chi connectivity index (χ1v) is 10.8. The molecule has 0 bridgehead atoms. The molecule has 0 aliphatic rings. The van der Waals surface area contributed by atoms with Gasteiger partial charge in [0.05, 0.1) is 15.1 Å². The molecule has 0 saturated heterocycles. The maximum Gasteiger partial charge on any atom is 0.293 e. The van der Waals surface area contributed by atoms with Crippen molar-refractivity contribution in [1.82, 2.24) is 4.98 Å². The van der Waals surface area contributed by atoms with Gasteiger partial charge < -0.3 is 4.42 Å². The van der Waals surface area contributed by atoms with Crippen molar-refractivity contribution in [2.75, 3.05) is 5.32 Å². The van der Waals surface area contributed by atoms with Crippen molar-refractivity contribution in [2.45, 2.75) is 16.9 Å². The van der Waals surface area contributed by atoms with Crippen LogP contribution >= 0.6 is 22.9 Å². The number of nitrogens with one attached hydrogen (secondary N) is 1. The van der Waals surface area contributed by atoms with Crippen molar-refractivity contribution in [3.63, 3.8) is 0 Å². The fourth-order valence-electron chi connectivity index (χ4n) is 2.53. The van der Waals surface area contributed by atoms with E-state index in [0.29, 0.717) is 15.7 Å². The van der Waals surface area contributed by atoms with E-state index in [2.05, 4.69) is 10.3 Å². The Kier molecular flexibility index (Phi) is 4.70. The highest BCUT2D eigenvalue weighted by molar-refractivity contribution is 7.91. The number of fused-ring (bicyclic) bond motifs is 1. The average Bonchev–Trinajstić information content (AvgIpc) is 3.28. The van der Waals surface area contributed by atoms with E-state index in [-0.39, 0.29) is 15.7 Å². The number of halogens is 1. The predicted molar refractivity (Wildman–Crippen MR) is 108 cm³/mol. The van der Waals surface area contributed by atoms with Crippen molar-refractivity contribution < 1.29 is 17.6 Å². The number of carbonyl (C=O) groups is 1. The summed E-state index contributed by atoms with van der Waals surface area (Å²) in [5, 5.41) is 3.26. The van der Waals surface area contributed by atoms with Gasteiger partial charge in [0, 0.05) is 5.02 Å². The molecular formula is C19H13ClN2O4S2. The molecule has 4 aromatic rings. The molecule has 6 nitrogen and oxygen atoms in total. The minimum atomic E-state index is -3.84. The Balaban J connectivity index is 1.57. The SMILES string of the molecule is Cc1ccc(S(=O)(=O)c2ccc(C(=O)Nc3nc4ccc(Cl)cc4s3)o2)cc1. The van der Waals surface area contributed by atoms with Crippen LogP contribution in [0.1, 0.15) is 16.1 Å². The Morgan fingerprint density at radius 1 is 1.11 bits per heavy atom. The molecule has 1 N–H and O–H groups in total. The molecule has 2 heterocycles. The lowest BCUT2D eigenvalue weighted by Gasteiger charge is -2.02. The molecule has 28 heavy (non-hydrogen) atoms. The number of nitrogens with zero attached hydrogens (tertiary/aromatic N) is 1. The van der Waals surface area contributed by atoms with E-state index in [0.717, 1.165) is 10.3 Å². The van der Waals surface area contributed by atoms with Crippen molar-refractivity contribution >= 4 is 54.0 Å². The number of anilines is 1. The zero-order valence-electron chi connectivity index (χ0n) is 14.5. The third-order valence-electron chi connectivity index (χ3n) is 3.97. The van der Waals surface area contributed by atoms with E-state index in [9.17, 15) is 13.2 Å². The number of benzene rings is 2. The molecule has 9 heteroatoms. The Morgan fingerprint density at radius 3 is 2.61 bits per heavy atom. The fraction of sp³-hybridized carbons (Fsp3) is 0.0526. The second-order valence-corrected chi connectivity index (χ2v) is 9.37. The molecule has 0 atom stereocenters. The van der Waals surface area contributed by atoms with Crippen molar-refractivity contribution in [1.29, 1.82) is 0 Å². The number of amides is 1. The summed E-state index contributed by atoms with van der Waals surface area (Å²) in [5.41, 5.74) is 1.64. The smallest absolute Gasteiger partial charge is 0.293 e. The summed E-state index contributed by atoms with van der Waals surface area (Å²) in [6.45, 7) is 1.86. The second kappa shape index (κ2) is 7.05. The lowest BCUT2D eigenvalue weighted by atomic mass is 10.2. The number of aromatic nitrogens is 1. The van der Waals surface area contributed by atoms with Crippen LogP contribution in [0.4, 0.5) is 5.13 Å². The molecule has 2 aromatic carbocycles. The summed E-state index contributed by atoms with van der Waals surface area (Å²) in [4.78, 5) is 16.8. The highest BCUT2D eigenvalue weighted by Gasteiger charge is 2.24. The summed E-state index contributed by atoms with van der Waals surface area (Å²) >= 11 is 7.21. The largest absolute Gasteiger partial charge is 0.439 e. The van der Waals surface area contributed by atoms with E-state index in [1.807, 2.05) is 6.92 Å². The van der Waals surface area contributed by atoms with Gasteiger partial charge in [0.25, 0.3) is 5.91 Å². The number of rotatable bonds is 4. The second-order valence-electron chi connectivity index (χ2n) is 6.02. The third kappa shape index (κ3) is 3.54. The first-order valence-electron chi connectivity index (χ1n) is 8.12. The lowest BCUT2D eigenvalue weighted by Crippen LogP contribution is -2.10. The molecule has 0 spiro atoms. The van der Waals surface area contributed by atoms with Crippen LogP contribution in [0, 0.1) is 6.92 Å². The number of thiazole rings is 1. The molecule has 0 aliphatic carbocycles. The molecule has 4 rings (SSSR count). The van der Waals surface area contributed by atoms with Gasteiger partial charge in [-0.1, -0.05) is 40.6 Å². The molecule has 2 aromatic heterocycles. The van der Waals surface area contributed by atoms with Gasteiger partial charge in [-0.3, -0.25) is 10.1 Å². The van der Waals surface area contributed by atoms with E-state index in [4.69, 9.17) is 16.0 Å². The molecule has 0 fully saturated rings. The Morgan fingerprint density at radius 2 is 1.86 bits per heavy atom. The highest BCUT2D eigenvalue weighted by Crippen LogP contribution is 2.29. The molecule has 0 aliphatic heterocycles. The van der Waals surface area contributed by atoms with Gasteiger partial charge in [-0.15, -0.1) is 0 Å². The van der Waals surface area contributed by atoms with Gasteiger partial charge >= 0.3 is 0 Å². The Bertz CT molecular complexity index is 1290. The highest BCUT2D eigenvalue weighted by atomic mass is 35.5. The molecule has 142 valence electrons. The van der Waals surface area contributed by atoms with E-state index in [1.54, 1.807) is 30.3 Å². The topological polar surface area (TPSA) is 89.3 Å². The number of furan rings is 1. The van der Waals surface area contributed by atoms with Crippen LogP contribution in [0.2, 0.25) is 5.02 Å². The summed E-state index contributed by atoms with van der Waals surface area (Å²) < 4.78 is 31.4. The van der Waals surface area contributed by atoms with Crippen LogP contribution in [0.5, 0.6) is 0 Å². The Labute approximate surface area is 169 Å². The average molecular weight is 433 g/mol. The molecule has 0 radical (unpaired) electrons. The van der Waals surface area contributed by atoms with Crippen LogP contribution in [0.25, 0.3) is 10.2 Å². The zero-order valence-corrected chi connectivity index (χ0v) is 16.9. The summed E-state index contributed by atoms with van der Waals surface area (Å²) in [6, 6.07) is 14.2. The molecule has 0 unspecified atom stereocenters. The van der Waals surface area contributed by atoms with Crippen molar-refractivity contribution in [3.8, 4) is 0 Å². The molecule has 0 saturated carbocycles. The van der Waals surface area contributed by atoms with Gasteiger partial charge in [0.15, 0.2) is 10.9 Å². The zero-order chi connectivity index (χ0) is 19.9. The number of hydrogen-bond donors (Lipinski definition) is 1. The number of hydrogen-bond acceptors (Lipinski definition) is 6. The molecule has 1 amide bonds. The maximum atomic E-state index is 12.6. The number of carbonyl (C=O) groups excluding carboxylic acids is 1. The summed E-state index contributed by atoms with van der Waals surface area (Å²) in [7, 11) is -3.84. The fourth-order valence-corrected chi connectivity index (χ4v) is 4.84. The number of aryl methyl sites for hydroxylation is 1.